The van der Waals surface area contributed by atoms with Gasteiger partial charge in [0.15, 0.2) is 5.96 Å². The molecule has 0 radical (unpaired) electrons. The van der Waals surface area contributed by atoms with Crippen LogP contribution in [0.2, 0.25) is 0 Å². The summed E-state index contributed by atoms with van der Waals surface area (Å²) in [7, 11) is 1.73. The number of carbonyl (C=O) groups excluding carboxylic acids is 1. The number of benzene rings is 2. The molecule has 3 rings (SSSR count). The van der Waals surface area contributed by atoms with Crippen molar-refractivity contribution in [1.29, 1.82) is 0 Å². The van der Waals surface area contributed by atoms with E-state index >= 15 is 0 Å². The maximum atomic E-state index is 13.3. The molecule has 4 N–H and O–H groups in total. The summed E-state index contributed by atoms with van der Waals surface area (Å²) in [6, 6.07) is 12.6. The number of fused-ring (bicyclic) bond motifs is 1. The van der Waals surface area contributed by atoms with Crippen molar-refractivity contribution in [3.8, 4) is 0 Å². The van der Waals surface area contributed by atoms with Gasteiger partial charge >= 0.3 is 0 Å². The largest absolute Gasteiger partial charge is 0.361 e. The predicted octanol–water partition coefficient (Wildman–Crippen LogP) is 4.20. The smallest absolute Gasteiger partial charge is 0.224 e. The summed E-state index contributed by atoms with van der Waals surface area (Å²) in [6.07, 6.45) is 3.20. The second-order valence-electron chi connectivity index (χ2n) is 7.95. The van der Waals surface area contributed by atoms with Crippen LogP contribution in [0.3, 0.4) is 0 Å². The Morgan fingerprint density at radius 2 is 2.00 bits per heavy atom. The predicted molar refractivity (Wildman–Crippen MR) is 125 cm³/mol. The number of hydrogen-bond acceptors (Lipinski definition) is 2. The van der Waals surface area contributed by atoms with Crippen molar-refractivity contribution in [3.63, 3.8) is 0 Å². The molecule has 0 fully saturated rings. The minimum absolute atomic E-state index is 0.0256. The summed E-state index contributed by atoms with van der Waals surface area (Å²) in [5.74, 6) is 0.801. The standard InChI is InChI=1S/C24H30FN5O/c1-16(2)11-23(31)30-20-6-4-5-17(12-20)14-29-24(26-3)27-10-9-18-15-28-22-13-19(25)7-8-21(18)22/h4-8,12-13,15-16,28H,9-11,14H2,1-3H3,(H,30,31)(H2,26,27,29). The Morgan fingerprint density at radius 3 is 2.77 bits per heavy atom. The van der Waals surface area contributed by atoms with Gasteiger partial charge in [0, 0.05) is 49.3 Å². The molecule has 0 saturated heterocycles. The van der Waals surface area contributed by atoms with Crippen LogP contribution in [0.25, 0.3) is 10.9 Å². The number of hydrogen-bond donors (Lipinski definition) is 4. The first-order chi connectivity index (χ1) is 14.9. The number of anilines is 1. The van der Waals surface area contributed by atoms with Crippen LogP contribution in [-0.2, 0) is 17.8 Å². The van der Waals surface area contributed by atoms with Crippen LogP contribution < -0.4 is 16.0 Å². The second kappa shape index (κ2) is 10.6. The zero-order chi connectivity index (χ0) is 22.2. The van der Waals surface area contributed by atoms with Crippen molar-refractivity contribution in [1.82, 2.24) is 15.6 Å². The van der Waals surface area contributed by atoms with Gasteiger partial charge in [0.05, 0.1) is 0 Å². The van der Waals surface area contributed by atoms with Crippen molar-refractivity contribution in [3.05, 3.63) is 65.6 Å². The lowest BCUT2D eigenvalue weighted by molar-refractivity contribution is -0.116. The number of H-pyrrole nitrogens is 1. The van der Waals surface area contributed by atoms with Crippen LogP contribution in [-0.4, -0.2) is 30.4 Å². The average Bonchev–Trinajstić information content (AvgIpc) is 3.12. The summed E-state index contributed by atoms with van der Waals surface area (Å²) >= 11 is 0. The topological polar surface area (TPSA) is 81.3 Å². The molecule has 0 spiro atoms. The lowest BCUT2D eigenvalue weighted by atomic mass is 10.1. The third-order valence-electron chi connectivity index (χ3n) is 4.90. The van der Waals surface area contributed by atoms with Crippen LogP contribution in [0.4, 0.5) is 10.1 Å². The molecule has 1 heterocycles. The first-order valence-electron chi connectivity index (χ1n) is 10.5. The normalized spacial score (nSPS) is 11.7. The van der Waals surface area contributed by atoms with E-state index in [9.17, 15) is 9.18 Å². The number of nitrogens with zero attached hydrogens (tertiary/aromatic N) is 1. The summed E-state index contributed by atoms with van der Waals surface area (Å²) in [5, 5.41) is 10.6. The third-order valence-corrected chi connectivity index (χ3v) is 4.90. The zero-order valence-electron chi connectivity index (χ0n) is 18.3. The summed E-state index contributed by atoms with van der Waals surface area (Å²) in [6.45, 7) is 5.32. The number of aliphatic imine (C=N–C) groups is 1. The van der Waals surface area contributed by atoms with Crippen molar-refractivity contribution < 1.29 is 9.18 Å². The highest BCUT2D eigenvalue weighted by atomic mass is 19.1. The lowest BCUT2D eigenvalue weighted by Gasteiger charge is -2.13. The number of rotatable bonds is 8. The first kappa shape index (κ1) is 22.3. The maximum absolute atomic E-state index is 13.3. The Balaban J connectivity index is 1.49. The number of aromatic amines is 1. The number of amides is 1. The van der Waals surface area contributed by atoms with Crippen molar-refractivity contribution in [2.75, 3.05) is 18.9 Å². The lowest BCUT2D eigenvalue weighted by Crippen LogP contribution is -2.37. The zero-order valence-corrected chi connectivity index (χ0v) is 18.3. The molecule has 6 nitrogen and oxygen atoms in total. The summed E-state index contributed by atoms with van der Waals surface area (Å²) < 4.78 is 13.3. The van der Waals surface area contributed by atoms with E-state index in [4.69, 9.17) is 0 Å². The fraction of sp³-hybridized carbons (Fsp3) is 0.333. The highest BCUT2D eigenvalue weighted by Gasteiger charge is 2.07. The van der Waals surface area contributed by atoms with Gasteiger partial charge in [-0.1, -0.05) is 26.0 Å². The van der Waals surface area contributed by atoms with Crippen LogP contribution in [0.1, 0.15) is 31.4 Å². The number of guanidine groups is 1. The van der Waals surface area contributed by atoms with E-state index in [1.54, 1.807) is 13.1 Å². The fourth-order valence-electron chi connectivity index (χ4n) is 3.43. The van der Waals surface area contributed by atoms with Crippen molar-refractivity contribution >= 4 is 28.5 Å². The Hall–Kier alpha value is -3.35. The number of carbonyl (C=O) groups is 1. The Kier molecular flexibility index (Phi) is 7.65. The molecule has 1 aromatic heterocycles. The Labute approximate surface area is 182 Å². The molecular weight excluding hydrogens is 393 g/mol. The molecule has 0 bridgehead atoms. The van der Waals surface area contributed by atoms with Crippen molar-refractivity contribution in [2.24, 2.45) is 10.9 Å². The average molecular weight is 424 g/mol. The molecule has 3 aromatic rings. The van der Waals surface area contributed by atoms with E-state index in [0.717, 1.165) is 34.1 Å². The Bertz CT molecular complexity index is 1060. The molecule has 0 aliphatic rings. The minimum Gasteiger partial charge on any atom is -0.361 e. The molecule has 0 aliphatic carbocycles. The van der Waals surface area contributed by atoms with Gasteiger partial charge in [-0.05, 0) is 53.8 Å². The van der Waals surface area contributed by atoms with Crippen LogP contribution in [0, 0.1) is 11.7 Å². The van der Waals surface area contributed by atoms with E-state index in [1.807, 2.05) is 44.3 Å². The van der Waals surface area contributed by atoms with Crippen LogP contribution in [0.15, 0.2) is 53.7 Å². The van der Waals surface area contributed by atoms with E-state index < -0.39 is 0 Å². The number of nitrogens with one attached hydrogen (secondary N) is 4. The number of halogens is 1. The monoisotopic (exact) mass is 423 g/mol. The molecule has 0 saturated carbocycles. The molecule has 31 heavy (non-hydrogen) atoms. The van der Waals surface area contributed by atoms with E-state index in [2.05, 4.69) is 25.9 Å². The van der Waals surface area contributed by atoms with E-state index in [1.165, 1.54) is 12.1 Å². The van der Waals surface area contributed by atoms with Gasteiger partial charge in [-0.3, -0.25) is 9.79 Å². The fourth-order valence-corrected chi connectivity index (χ4v) is 3.43. The van der Waals surface area contributed by atoms with Crippen LogP contribution in [0.5, 0.6) is 0 Å². The molecule has 2 aromatic carbocycles. The van der Waals surface area contributed by atoms with Gasteiger partial charge in [0.2, 0.25) is 5.91 Å². The highest BCUT2D eigenvalue weighted by Crippen LogP contribution is 2.19. The molecule has 7 heteroatoms. The van der Waals surface area contributed by atoms with E-state index in [0.29, 0.717) is 31.4 Å². The van der Waals surface area contributed by atoms with Crippen LogP contribution >= 0.6 is 0 Å². The molecule has 0 aliphatic heterocycles. The third kappa shape index (κ3) is 6.57. The summed E-state index contributed by atoms with van der Waals surface area (Å²) in [4.78, 5) is 19.4. The quantitative estimate of drug-likeness (QED) is 0.324. The molecule has 1 amide bonds. The van der Waals surface area contributed by atoms with Gasteiger partial charge in [0.25, 0.3) is 0 Å². The van der Waals surface area contributed by atoms with Gasteiger partial charge in [0.1, 0.15) is 5.82 Å². The van der Waals surface area contributed by atoms with Gasteiger partial charge in [-0.2, -0.15) is 0 Å². The van der Waals surface area contributed by atoms with Gasteiger partial charge < -0.3 is 20.9 Å². The van der Waals surface area contributed by atoms with Gasteiger partial charge in [-0.25, -0.2) is 4.39 Å². The highest BCUT2D eigenvalue weighted by molar-refractivity contribution is 5.91. The maximum Gasteiger partial charge on any atom is 0.224 e. The Morgan fingerprint density at radius 1 is 1.16 bits per heavy atom. The number of aromatic nitrogens is 1. The molecule has 0 atom stereocenters. The minimum atomic E-state index is -0.243. The second-order valence-corrected chi connectivity index (χ2v) is 7.95. The summed E-state index contributed by atoms with van der Waals surface area (Å²) in [5.41, 5.74) is 3.77. The van der Waals surface area contributed by atoms with Gasteiger partial charge in [-0.15, -0.1) is 0 Å². The molecule has 0 unspecified atom stereocenters. The van der Waals surface area contributed by atoms with E-state index in [-0.39, 0.29) is 11.7 Å². The molecular formula is C24H30FN5O. The first-order valence-corrected chi connectivity index (χ1v) is 10.5. The SMILES string of the molecule is CN=C(NCCc1c[nH]c2cc(F)ccc12)NCc1cccc(NC(=O)CC(C)C)c1. The van der Waals surface area contributed by atoms with Crippen molar-refractivity contribution in [2.45, 2.75) is 33.2 Å². The molecule has 164 valence electrons.